The topological polar surface area (TPSA) is 43.1 Å². The third kappa shape index (κ3) is 7.56. The minimum Gasteiger partial charge on any atom is -0.326 e. The molecule has 26 heavy (non-hydrogen) atoms. The Bertz CT molecular complexity index is 770. The molecular weight excluding hydrogens is 318 g/mol. The van der Waals surface area contributed by atoms with E-state index in [0.29, 0.717) is 6.54 Å². The Balaban J connectivity index is 0.000000254. The first-order valence-corrected chi connectivity index (χ1v) is 8.52. The highest BCUT2D eigenvalue weighted by atomic mass is 16.1. The van der Waals surface area contributed by atoms with E-state index in [4.69, 9.17) is 5.73 Å². The molecule has 0 heterocycles. The summed E-state index contributed by atoms with van der Waals surface area (Å²) in [6, 6.07) is 29.5. The van der Waals surface area contributed by atoms with Gasteiger partial charge in [0.1, 0.15) is 0 Å². The van der Waals surface area contributed by atoms with Crippen LogP contribution in [0.25, 0.3) is 12.2 Å². The quantitative estimate of drug-likeness (QED) is 0.654. The highest BCUT2D eigenvalue weighted by Crippen LogP contribution is 2.03. The van der Waals surface area contributed by atoms with Gasteiger partial charge in [-0.1, -0.05) is 103 Å². The molecule has 0 atom stereocenters. The maximum Gasteiger partial charge on any atom is 0.178 e. The molecule has 0 amide bonds. The summed E-state index contributed by atoms with van der Waals surface area (Å²) in [6.45, 7) is 0.640. The summed E-state index contributed by atoms with van der Waals surface area (Å²) in [7, 11) is 0. The highest BCUT2D eigenvalue weighted by Gasteiger charge is 1.90. The average molecular weight is 341 g/mol. The van der Waals surface area contributed by atoms with Gasteiger partial charge in [0.05, 0.1) is 0 Å². The number of allylic oxidation sites excluding steroid dienone is 2. The molecule has 0 aliphatic carbocycles. The molecule has 0 saturated heterocycles. The molecule has 0 saturated carbocycles. The molecule has 2 nitrogen and oxygen atoms in total. The number of rotatable bonds is 5. The van der Waals surface area contributed by atoms with E-state index in [1.54, 1.807) is 12.2 Å². The minimum atomic E-state index is -0.0114. The van der Waals surface area contributed by atoms with Crippen molar-refractivity contribution in [3.05, 3.63) is 120 Å². The maximum atomic E-state index is 11.6. The summed E-state index contributed by atoms with van der Waals surface area (Å²) in [5.41, 5.74) is 8.59. The Kier molecular flexibility index (Phi) is 8.33. The van der Waals surface area contributed by atoms with Crippen LogP contribution in [0, 0.1) is 0 Å². The lowest BCUT2D eigenvalue weighted by molar-refractivity contribution is -0.110. The van der Waals surface area contributed by atoms with Crippen molar-refractivity contribution in [2.24, 2.45) is 5.73 Å². The van der Waals surface area contributed by atoms with Gasteiger partial charge in [-0.05, 0) is 28.8 Å². The Morgan fingerprint density at radius 1 is 0.654 bits per heavy atom. The van der Waals surface area contributed by atoms with E-state index in [-0.39, 0.29) is 5.78 Å². The largest absolute Gasteiger partial charge is 0.326 e. The lowest BCUT2D eigenvalue weighted by atomic mass is 10.1. The van der Waals surface area contributed by atoms with Crippen molar-refractivity contribution in [2.75, 3.05) is 0 Å². The molecule has 2 N–H and O–H groups in total. The summed E-state index contributed by atoms with van der Waals surface area (Å²) in [5, 5.41) is 0. The molecule has 0 unspecified atom stereocenters. The number of hydrogen-bond acceptors (Lipinski definition) is 2. The van der Waals surface area contributed by atoms with E-state index < -0.39 is 0 Å². The molecule has 3 aromatic rings. The first kappa shape index (κ1) is 19.1. The van der Waals surface area contributed by atoms with Gasteiger partial charge >= 0.3 is 0 Å². The predicted octanol–water partition coefficient (Wildman–Crippen LogP) is 5.13. The Morgan fingerprint density at radius 2 is 1.04 bits per heavy atom. The van der Waals surface area contributed by atoms with E-state index >= 15 is 0 Å². The molecule has 0 bridgehead atoms. The van der Waals surface area contributed by atoms with Crippen LogP contribution >= 0.6 is 0 Å². The molecule has 0 fully saturated rings. The van der Waals surface area contributed by atoms with E-state index in [9.17, 15) is 4.79 Å². The highest BCUT2D eigenvalue weighted by molar-refractivity contribution is 6.04. The Labute approximate surface area is 155 Å². The van der Waals surface area contributed by atoms with E-state index in [0.717, 1.165) is 11.1 Å². The molecule has 0 radical (unpaired) electrons. The number of benzene rings is 3. The van der Waals surface area contributed by atoms with Crippen molar-refractivity contribution < 1.29 is 4.79 Å². The Morgan fingerprint density at radius 3 is 1.38 bits per heavy atom. The fourth-order valence-corrected chi connectivity index (χ4v) is 2.15. The van der Waals surface area contributed by atoms with Crippen LogP contribution in [-0.2, 0) is 11.3 Å². The summed E-state index contributed by atoms with van der Waals surface area (Å²) < 4.78 is 0. The lowest BCUT2D eigenvalue weighted by Gasteiger charge is -1.91. The van der Waals surface area contributed by atoms with Gasteiger partial charge < -0.3 is 5.73 Å². The zero-order valence-electron chi connectivity index (χ0n) is 14.7. The van der Waals surface area contributed by atoms with Gasteiger partial charge in [0.2, 0.25) is 0 Å². The second kappa shape index (κ2) is 11.3. The van der Waals surface area contributed by atoms with E-state index in [1.165, 1.54) is 5.56 Å². The smallest absolute Gasteiger partial charge is 0.178 e. The van der Waals surface area contributed by atoms with Gasteiger partial charge in [0.25, 0.3) is 0 Å². The van der Waals surface area contributed by atoms with Crippen LogP contribution in [0.4, 0.5) is 0 Å². The minimum absolute atomic E-state index is 0.0114. The van der Waals surface area contributed by atoms with Crippen molar-refractivity contribution in [1.82, 2.24) is 0 Å². The van der Waals surface area contributed by atoms with Crippen molar-refractivity contribution in [3.63, 3.8) is 0 Å². The average Bonchev–Trinajstić information content (AvgIpc) is 2.73. The molecule has 2 heteroatoms. The third-order valence-corrected chi connectivity index (χ3v) is 3.56. The van der Waals surface area contributed by atoms with Crippen molar-refractivity contribution in [2.45, 2.75) is 6.54 Å². The van der Waals surface area contributed by atoms with Crippen molar-refractivity contribution in [3.8, 4) is 0 Å². The van der Waals surface area contributed by atoms with Crippen molar-refractivity contribution in [1.29, 1.82) is 0 Å². The van der Waals surface area contributed by atoms with E-state index in [2.05, 4.69) is 0 Å². The van der Waals surface area contributed by atoms with Gasteiger partial charge in [-0.2, -0.15) is 0 Å². The first-order valence-electron chi connectivity index (χ1n) is 8.52. The monoisotopic (exact) mass is 341 g/mol. The zero-order valence-corrected chi connectivity index (χ0v) is 14.7. The van der Waals surface area contributed by atoms with Crippen LogP contribution in [-0.4, -0.2) is 5.78 Å². The third-order valence-electron chi connectivity index (χ3n) is 3.56. The van der Waals surface area contributed by atoms with Crippen LogP contribution in [0.5, 0.6) is 0 Å². The number of nitrogens with two attached hydrogens (primary N) is 1. The molecule has 0 aliphatic rings. The maximum absolute atomic E-state index is 11.6. The lowest BCUT2D eigenvalue weighted by Crippen LogP contribution is -1.94. The number of hydrogen-bond donors (Lipinski definition) is 1. The van der Waals surface area contributed by atoms with Crippen LogP contribution in [0.2, 0.25) is 0 Å². The van der Waals surface area contributed by atoms with Gasteiger partial charge in [-0.15, -0.1) is 0 Å². The van der Waals surface area contributed by atoms with Gasteiger partial charge in [-0.25, -0.2) is 0 Å². The summed E-state index contributed by atoms with van der Waals surface area (Å²) in [5.74, 6) is -0.0114. The van der Waals surface area contributed by atoms with E-state index in [1.807, 2.05) is 103 Å². The standard InChI is InChI=1S/C17H14O.C7H9N/c18-17(13-11-15-7-3-1-4-8-15)14-12-16-9-5-2-6-10-16;8-6-7-4-2-1-3-5-7/h1-14H;1-5H,6,8H2. The summed E-state index contributed by atoms with van der Waals surface area (Å²) >= 11 is 0. The van der Waals surface area contributed by atoms with Crippen LogP contribution in [0.15, 0.2) is 103 Å². The normalized spacial score (nSPS) is 10.5. The molecule has 0 aliphatic heterocycles. The zero-order chi connectivity index (χ0) is 18.5. The Hall–Kier alpha value is -3.23. The van der Waals surface area contributed by atoms with Crippen molar-refractivity contribution >= 4 is 17.9 Å². The fraction of sp³-hybridized carbons (Fsp3) is 0.0417. The molecule has 0 spiro atoms. The van der Waals surface area contributed by atoms with Crippen LogP contribution < -0.4 is 5.73 Å². The summed E-state index contributed by atoms with van der Waals surface area (Å²) in [6.07, 6.45) is 6.79. The summed E-state index contributed by atoms with van der Waals surface area (Å²) in [4.78, 5) is 11.6. The number of carbonyl (C=O) groups is 1. The predicted molar refractivity (Wildman–Crippen MR) is 110 cm³/mol. The molecule has 3 aromatic carbocycles. The molecule has 3 rings (SSSR count). The molecule has 130 valence electrons. The second-order valence-electron chi connectivity index (χ2n) is 5.58. The number of carbonyl (C=O) groups excluding carboxylic acids is 1. The van der Waals surface area contributed by atoms with Crippen LogP contribution in [0.3, 0.4) is 0 Å². The first-order chi connectivity index (χ1) is 12.8. The van der Waals surface area contributed by atoms with Gasteiger partial charge in [0.15, 0.2) is 5.78 Å². The van der Waals surface area contributed by atoms with Crippen LogP contribution in [0.1, 0.15) is 16.7 Å². The molecule has 0 aromatic heterocycles. The van der Waals surface area contributed by atoms with Gasteiger partial charge in [-0.3, -0.25) is 4.79 Å². The molecular formula is C24H23NO. The number of ketones is 1. The fourth-order valence-electron chi connectivity index (χ4n) is 2.15. The van der Waals surface area contributed by atoms with Gasteiger partial charge in [0, 0.05) is 6.54 Å². The SMILES string of the molecule is NCc1ccccc1.O=C(C=Cc1ccccc1)C=Cc1ccccc1. The second-order valence-corrected chi connectivity index (χ2v) is 5.58.